The predicted octanol–water partition coefficient (Wildman–Crippen LogP) is 2.11. The molecule has 1 aromatic carbocycles. The molecule has 0 amide bonds. The second-order valence-electron chi connectivity index (χ2n) is 4.14. The van der Waals surface area contributed by atoms with Crippen molar-refractivity contribution in [1.29, 1.82) is 0 Å². The SMILES string of the molecule is CC(C)O[As](=O)(OC(C)C)c1ccccc1. The molecule has 1 aromatic rings. The van der Waals surface area contributed by atoms with Gasteiger partial charge < -0.3 is 0 Å². The predicted molar refractivity (Wildman–Crippen MR) is 65.0 cm³/mol. The number of rotatable bonds is 5. The third-order valence-electron chi connectivity index (χ3n) is 1.77. The minimum atomic E-state index is -3.88. The van der Waals surface area contributed by atoms with E-state index < -0.39 is 14.2 Å². The molecule has 0 spiro atoms. The van der Waals surface area contributed by atoms with Crippen LogP contribution in [0.15, 0.2) is 30.3 Å². The molecule has 0 fully saturated rings. The molecule has 0 saturated carbocycles. The van der Waals surface area contributed by atoms with E-state index in [1.54, 1.807) is 12.1 Å². The Morgan fingerprint density at radius 2 is 1.38 bits per heavy atom. The van der Waals surface area contributed by atoms with Crippen molar-refractivity contribution in [2.45, 2.75) is 39.9 Å². The van der Waals surface area contributed by atoms with Crippen LogP contribution in [0.2, 0.25) is 0 Å². The van der Waals surface area contributed by atoms with Gasteiger partial charge in [-0.3, -0.25) is 0 Å². The molecule has 0 aliphatic carbocycles. The summed E-state index contributed by atoms with van der Waals surface area (Å²) >= 11 is -3.88. The van der Waals surface area contributed by atoms with Crippen LogP contribution in [0.4, 0.5) is 0 Å². The molecule has 0 saturated heterocycles. The van der Waals surface area contributed by atoms with Gasteiger partial charge in [-0.1, -0.05) is 0 Å². The van der Waals surface area contributed by atoms with Crippen LogP contribution in [-0.4, -0.2) is 26.4 Å². The number of hydrogen-bond acceptors (Lipinski definition) is 3. The summed E-state index contributed by atoms with van der Waals surface area (Å²) in [5.41, 5.74) is 0. The first-order valence-corrected chi connectivity index (χ1v) is 8.70. The third-order valence-corrected chi connectivity index (χ3v) is 6.66. The van der Waals surface area contributed by atoms with Crippen LogP contribution in [0.25, 0.3) is 0 Å². The maximum atomic E-state index is 12.7. The third kappa shape index (κ3) is 3.82. The molecule has 0 aromatic heterocycles. The molecule has 4 heteroatoms. The fourth-order valence-electron chi connectivity index (χ4n) is 1.31. The fourth-order valence-corrected chi connectivity index (χ4v) is 5.38. The van der Waals surface area contributed by atoms with Gasteiger partial charge in [-0.05, 0) is 0 Å². The van der Waals surface area contributed by atoms with Gasteiger partial charge >= 0.3 is 100.0 Å². The zero-order valence-electron chi connectivity index (χ0n) is 10.2. The van der Waals surface area contributed by atoms with Gasteiger partial charge in [-0.25, -0.2) is 0 Å². The van der Waals surface area contributed by atoms with Crippen molar-refractivity contribution in [2.75, 3.05) is 0 Å². The molecule has 0 bridgehead atoms. The van der Waals surface area contributed by atoms with E-state index in [-0.39, 0.29) is 12.2 Å². The summed E-state index contributed by atoms with van der Waals surface area (Å²) in [5.74, 6) is 0. The van der Waals surface area contributed by atoms with Gasteiger partial charge in [0, 0.05) is 0 Å². The normalized spacial score (nSPS) is 12.4. The average molecular weight is 286 g/mol. The average Bonchev–Trinajstić information content (AvgIpc) is 2.16. The van der Waals surface area contributed by atoms with Crippen molar-refractivity contribution in [3.05, 3.63) is 30.3 Å². The van der Waals surface area contributed by atoms with Crippen LogP contribution in [-0.2, 0) is 11.2 Å². The zero-order chi connectivity index (χ0) is 12.2. The first-order chi connectivity index (χ1) is 7.44. The Labute approximate surface area is 100 Å². The van der Waals surface area contributed by atoms with Gasteiger partial charge in [0.2, 0.25) is 0 Å². The Kier molecular flexibility index (Phi) is 4.85. The summed E-state index contributed by atoms with van der Waals surface area (Å²) in [7, 11) is 0. The summed E-state index contributed by atoms with van der Waals surface area (Å²) in [5, 5.41) is 0. The van der Waals surface area contributed by atoms with Crippen LogP contribution in [0.1, 0.15) is 27.7 Å². The molecule has 0 atom stereocenters. The molecule has 1 rings (SSSR count). The van der Waals surface area contributed by atoms with E-state index in [4.69, 9.17) is 7.45 Å². The maximum absolute atomic E-state index is 12.7. The van der Waals surface area contributed by atoms with Crippen molar-refractivity contribution in [2.24, 2.45) is 0 Å². The molecule has 0 N–H and O–H groups in total. The molecule has 0 radical (unpaired) electrons. The Balaban J connectivity index is 3.00. The van der Waals surface area contributed by atoms with Crippen LogP contribution >= 0.6 is 0 Å². The second kappa shape index (κ2) is 5.72. The first kappa shape index (κ1) is 13.6. The Morgan fingerprint density at radius 3 is 1.75 bits per heavy atom. The van der Waals surface area contributed by atoms with Crippen molar-refractivity contribution < 1.29 is 11.2 Å². The molecule has 0 heterocycles. The standard InChI is InChI=1S/C12H19AsO3/c1-10(2)15-13(14,16-11(3)4)12-8-6-5-7-9-12/h5-11H,1-4H3. The Morgan fingerprint density at radius 1 is 0.938 bits per heavy atom. The van der Waals surface area contributed by atoms with E-state index in [0.29, 0.717) is 4.35 Å². The van der Waals surface area contributed by atoms with Crippen molar-refractivity contribution in [1.82, 2.24) is 0 Å². The van der Waals surface area contributed by atoms with E-state index in [9.17, 15) is 3.74 Å². The van der Waals surface area contributed by atoms with Crippen LogP contribution in [0.3, 0.4) is 0 Å². The molecule has 0 aliphatic rings. The molecule has 16 heavy (non-hydrogen) atoms. The summed E-state index contributed by atoms with van der Waals surface area (Å²) < 4.78 is 24.4. The zero-order valence-corrected chi connectivity index (χ0v) is 12.1. The van der Waals surface area contributed by atoms with Gasteiger partial charge in [0.15, 0.2) is 0 Å². The van der Waals surface area contributed by atoms with Gasteiger partial charge in [-0.15, -0.1) is 0 Å². The van der Waals surface area contributed by atoms with E-state index in [1.807, 2.05) is 45.9 Å². The Bertz CT molecular complexity index is 346. The monoisotopic (exact) mass is 286 g/mol. The minimum absolute atomic E-state index is 0.107. The Hall–Kier alpha value is -0.502. The second-order valence-corrected chi connectivity index (χ2v) is 8.20. The fraction of sp³-hybridized carbons (Fsp3) is 0.500. The van der Waals surface area contributed by atoms with Crippen LogP contribution < -0.4 is 4.35 Å². The van der Waals surface area contributed by atoms with Crippen LogP contribution in [0.5, 0.6) is 0 Å². The molecule has 0 unspecified atom stereocenters. The summed E-state index contributed by atoms with van der Waals surface area (Å²) in [4.78, 5) is 0. The topological polar surface area (TPSA) is 35.5 Å². The summed E-state index contributed by atoms with van der Waals surface area (Å²) in [6.07, 6.45) is -0.215. The molecule has 3 nitrogen and oxygen atoms in total. The van der Waals surface area contributed by atoms with E-state index >= 15 is 0 Å². The number of hydrogen-bond donors (Lipinski definition) is 0. The van der Waals surface area contributed by atoms with Crippen LogP contribution in [0, 0.1) is 0 Å². The van der Waals surface area contributed by atoms with Gasteiger partial charge in [0.05, 0.1) is 0 Å². The van der Waals surface area contributed by atoms with Crippen molar-refractivity contribution >= 4 is 18.5 Å². The van der Waals surface area contributed by atoms with Crippen molar-refractivity contribution in [3.63, 3.8) is 0 Å². The van der Waals surface area contributed by atoms with E-state index in [0.717, 1.165) is 0 Å². The summed E-state index contributed by atoms with van der Waals surface area (Å²) in [6, 6.07) is 9.16. The quantitative estimate of drug-likeness (QED) is 0.778. The van der Waals surface area contributed by atoms with Gasteiger partial charge in [0.25, 0.3) is 0 Å². The molecule has 90 valence electrons. The van der Waals surface area contributed by atoms with Crippen molar-refractivity contribution in [3.8, 4) is 0 Å². The molecular weight excluding hydrogens is 267 g/mol. The number of benzene rings is 1. The molecular formula is C12H19AsO3. The first-order valence-electron chi connectivity index (χ1n) is 5.46. The molecule has 0 aliphatic heterocycles. The van der Waals surface area contributed by atoms with E-state index in [2.05, 4.69) is 0 Å². The van der Waals surface area contributed by atoms with Gasteiger partial charge in [-0.2, -0.15) is 0 Å². The van der Waals surface area contributed by atoms with E-state index in [1.165, 1.54) is 0 Å². The van der Waals surface area contributed by atoms with Gasteiger partial charge in [0.1, 0.15) is 0 Å². The summed E-state index contributed by atoms with van der Waals surface area (Å²) in [6.45, 7) is 7.45.